The summed E-state index contributed by atoms with van der Waals surface area (Å²) in [6, 6.07) is 4.45. The number of rotatable bonds is 11. The van der Waals surface area contributed by atoms with Crippen molar-refractivity contribution in [3.63, 3.8) is 0 Å². The normalized spacial score (nSPS) is 15.9. The molecule has 3 aliphatic carbocycles. The van der Waals surface area contributed by atoms with Gasteiger partial charge in [-0.3, -0.25) is 0 Å². The molecular weight excluding hydrogens is 951 g/mol. The molecule has 18 nitrogen and oxygen atoms in total. The summed E-state index contributed by atoms with van der Waals surface area (Å²) in [6.07, 6.45) is 37.1. The van der Waals surface area contributed by atoms with Gasteiger partial charge >= 0.3 is 0 Å². The van der Waals surface area contributed by atoms with E-state index in [-0.39, 0.29) is 0 Å². The molecule has 0 aromatic carbocycles. The Kier molecular flexibility index (Phi) is 18.4. The van der Waals surface area contributed by atoms with Crippen molar-refractivity contribution in [1.82, 2.24) is 78.3 Å². The first-order chi connectivity index (χ1) is 37.1. The van der Waals surface area contributed by atoms with E-state index >= 15 is 0 Å². The van der Waals surface area contributed by atoms with Crippen molar-refractivity contribution in [3.8, 4) is 0 Å². The largest absolute Gasteiger partial charge is 0.469 e. The zero-order valence-electron chi connectivity index (χ0n) is 46.6. The van der Waals surface area contributed by atoms with Crippen LogP contribution in [0.4, 0.5) is 5.82 Å². The third-order valence-electron chi connectivity index (χ3n) is 16.4. The number of hydrogen-bond acceptors (Lipinski definition) is 14. The summed E-state index contributed by atoms with van der Waals surface area (Å²) in [5.74, 6) is 6.54. The molecule has 3 aliphatic rings. The van der Waals surface area contributed by atoms with Crippen molar-refractivity contribution in [3.05, 3.63) is 112 Å². The molecule has 9 aromatic heterocycles. The Morgan fingerprint density at radius 2 is 0.895 bits per heavy atom. The van der Waals surface area contributed by atoms with Gasteiger partial charge in [0, 0.05) is 40.8 Å². The number of anilines is 1. The highest BCUT2D eigenvalue weighted by Gasteiger charge is 2.22. The number of nitrogens with one attached hydrogen (secondary N) is 1. The van der Waals surface area contributed by atoms with Crippen LogP contribution < -0.4 is 5.32 Å². The Morgan fingerprint density at radius 3 is 1.41 bits per heavy atom. The quantitative estimate of drug-likeness (QED) is 0.120. The SMILES string of the molecule is CCc1c(C)nc2ncnn2c1CC1CCCCC1.CCc1c(C)nc2ncnn2c1NC1CCCCCC1.Cc1nc2ncnn2c(CC2CCCCCC2)c1C.Cc1nc2ncnn2c(CCc2ccco2)c1C. The highest BCUT2D eigenvalue weighted by molar-refractivity contribution is 5.53. The molecular formula is C58H81N17O. The lowest BCUT2D eigenvalue weighted by molar-refractivity contribution is 0.351. The van der Waals surface area contributed by atoms with Gasteiger partial charge in [-0.15, -0.1) is 0 Å². The zero-order chi connectivity index (χ0) is 53.0. The molecule has 0 saturated heterocycles. The van der Waals surface area contributed by atoms with Gasteiger partial charge in [0.1, 0.15) is 36.9 Å². The van der Waals surface area contributed by atoms with Crippen molar-refractivity contribution in [2.45, 2.75) is 209 Å². The molecule has 12 rings (SSSR count). The second-order valence-electron chi connectivity index (χ2n) is 21.5. The predicted molar refractivity (Wildman–Crippen MR) is 297 cm³/mol. The predicted octanol–water partition coefficient (Wildman–Crippen LogP) is 11.6. The van der Waals surface area contributed by atoms with Crippen LogP contribution in [0.25, 0.3) is 23.1 Å². The van der Waals surface area contributed by atoms with Gasteiger partial charge in [-0.25, -0.2) is 33.5 Å². The third-order valence-corrected chi connectivity index (χ3v) is 16.4. The first-order valence-corrected chi connectivity index (χ1v) is 28.6. The van der Waals surface area contributed by atoms with Crippen molar-refractivity contribution in [2.24, 2.45) is 11.8 Å². The average molecular weight is 1030 g/mol. The number of aromatic nitrogens is 16. The van der Waals surface area contributed by atoms with Gasteiger partial charge in [-0.05, 0) is 127 Å². The van der Waals surface area contributed by atoms with Crippen molar-refractivity contribution < 1.29 is 4.42 Å². The van der Waals surface area contributed by atoms with E-state index in [1.807, 2.05) is 37.1 Å². The fourth-order valence-electron chi connectivity index (χ4n) is 11.8. The van der Waals surface area contributed by atoms with Crippen LogP contribution in [0.15, 0.2) is 48.1 Å². The Hall–Kier alpha value is -6.72. The van der Waals surface area contributed by atoms with E-state index in [0.717, 1.165) is 102 Å². The number of hydrogen-bond donors (Lipinski definition) is 1. The second-order valence-corrected chi connectivity index (χ2v) is 21.5. The number of furan rings is 1. The molecule has 3 saturated carbocycles. The molecule has 76 heavy (non-hydrogen) atoms. The maximum absolute atomic E-state index is 5.36. The van der Waals surface area contributed by atoms with E-state index in [9.17, 15) is 0 Å². The van der Waals surface area contributed by atoms with Gasteiger partial charge in [0.05, 0.1) is 23.3 Å². The van der Waals surface area contributed by atoms with Crippen LogP contribution in [0.3, 0.4) is 0 Å². The van der Waals surface area contributed by atoms with Crippen LogP contribution in [-0.2, 0) is 38.5 Å². The van der Waals surface area contributed by atoms with Crippen molar-refractivity contribution in [2.75, 3.05) is 5.32 Å². The summed E-state index contributed by atoms with van der Waals surface area (Å²) >= 11 is 0. The molecule has 0 unspecified atom stereocenters. The topological polar surface area (TPSA) is 197 Å². The number of aryl methyl sites for hydroxylation is 6. The molecule has 0 amide bonds. The minimum atomic E-state index is 0.553. The van der Waals surface area contributed by atoms with Gasteiger partial charge in [0.25, 0.3) is 23.1 Å². The number of fused-ring (bicyclic) bond motifs is 4. The van der Waals surface area contributed by atoms with Crippen LogP contribution in [0.1, 0.15) is 191 Å². The fraction of sp³-hybridized carbons (Fsp3) is 0.586. The van der Waals surface area contributed by atoms with Crippen LogP contribution in [0.2, 0.25) is 0 Å². The first kappa shape index (κ1) is 54.1. The molecule has 0 atom stereocenters. The molecule has 3 fully saturated rings. The Balaban J connectivity index is 0.000000124. The van der Waals surface area contributed by atoms with E-state index in [2.05, 4.69) is 114 Å². The summed E-state index contributed by atoms with van der Waals surface area (Å²) in [5.41, 5.74) is 13.1. The van der Waals surface area contributed by atoms with Crippen LogP contribution >= 0.6 is 0 Å². The van der Waals surface area contributed by atoms with E-state index in [4.69, 9.17) is 4.42 Å². The fourth-order valence-corrected chi connectivity index (χ4v) is 11.8. The molecule has 0 spiro atoms. The Labute approximate surface area is 447 Å². The summed E-state index contributed by atoms with van der Waals surface area (Å²) in [4.78, 5) is 34.8. The van der Waals surface area contributed by atoms with Crippen LogP contribution in [-0.4, -0.2) is 84.4 Å². The van der Waals surface area contributed by atoms with Gasteiger partial charge in [0.2, 0.25) is 0 Å². The smallest absolute Gasteiger partial charge is 0.254 e. The first-order valence-electron chi connectivity index (χ1n) is 28.6. The maximum Gasteiger partial charge on any atom is 0.254 e. The lowest BCUT2D eigenvalue weighted by atomic mass is 9.85. The Bertz CT molecular complexity index is 3250. The lowest BCUT2D eigenvalue weighted by Crippen LogP contribution is -2.22. The highest BCUT2D eigenvalue weighted by Crippen LogP contribution is 2.30. The van der Waals surface area contributed by atoms with Crippen molar-refractivity contribution in [1.29, 1.82) is 0 Å². The minimum absolute atomic E-state index is 0.553. The summed E-state index contributed by atoms with van der Waals surface area (Å²) in [6.45, 7) is 16.8. The second kappa shape index (κ2) is 25.9. The average Bonchev–Trinajstić information content (AvgIpc) is 4.30. The van der Waals surface area contributed by atoms with Gasteiger partial charge < -0.3 is 9.73 Å². The summed E-state index contributed by atoms with van der Waals surface area (Å²) < 4.78 is 12.9. The van der Waals surface area contributed by atoms with E-state index in [1.165, 1.54) is 149 Å². The summed E-state index contributed by atoms with van der Waals surface area (Å²) in [7, 11) is 0. The lowest BCUT2D eigenvalue weighted by Gasteiger charge is -2.23. The van der Waals surface area contributed by atoms with E-state index in [0.29, 0.717) is 17.6 Å². The standard InChI is InChI=1S/C15H23N5.2C15H22N4.C13H14N4O/c1-3-13-11(2)18-15-16-10-17-20(15)14(13)19-12-8-6-4-5-7-9-12;1-11-12(2)18-15-16-10-17-19(15)14(11)9-13-7-5-3-4-6-8-13;1-3-13-11(2)18-15-16-10-17-19(15)14(13)9-12-7-5-4-6-8-12;1-9-10(2)16-13-14-8-15-17(13)12(9)6-5-11-4-3-7-18-11/h10,12,19H,3-9H2,1-2H3;10,13H,3-9H2,1-2H3;10,12H,3-9H2,1-2H3;3-4,7-8H,5-6H2,1-2H3. The van der Waals surface area contributed by atoms with Crippen molar-refractivity contribution >= 4 is 28.9 Å². The highest BCUT2D eigenvalue weighted by atomic mass is 16.3. The zero-order valence-corrected chi connectivity index (χ0v) is 46.6. The van der Waals surface area contributed by atoms with Gasteiger partial charge in [-0.1, -0.05) is 110 Å². The number of nitrogens with zero attached hydrogens (tertiary/aromatic N) is 16. The van der Waals surface area contributed by atoms with Gasteiger partial charge in [0.15, 0.2) is 0 Å². The minimum Gasteiger partial charge on any atom is -0.469 e. The Morgan fingerprint density at radius 1 is 0.474 bits per heavy atom. The molecule has 1 N–H and O–H groups in total. The van der Waals surface area contributed by atoms with E-state index < -0.39 is 0 Å². The van der Waals surface area contributed by atoms with Gasteiger partial charge in [-0.2, -0.15) is 44.8 Å². The van der Waals surface area contributed by atoms with E-state index in [1.54, 1.807) is 25.2 Å². The molecule has 9 aromatic rings. The molecule has 404 valence electrons. The molecule has 9 heterocycles. The summed E-state index contributed by atoms with van der Waals surface area (Å²) in [5, 5.41) is 21.0. The molecule has 0 radical (unpaired) electrons. The molecule has 18 heteroatoms. The van der Waals surface area contributed by atoms with Crippen LogP contribution in [0.5, 0.6) is 0 Å². The third kappa shape index (κ3) is 12.9. The molecule has 0 bridgehead atoms. The molecule has 0 aliphatic heterocycles. The van der Waals surface area contributed by atoms with Crippen LogP contribution in [0, 0.1) is 53.4 Å². The monoisotopic (exact) mass is 1030 g/mol. The maximum atomic E-state index is 5.36.